The van der Waals surface area contributed by atoms with Crippen LogP contribution in [-0.4, -0.2) is 0 Å². The number of benzene rings is 2. The van der Waals surface area contributed by atoms with Crippen LogP contribution in [0.15, 0.2) is 40.9 Å². The molecule has 0 spiro atoms. The zero-order chi connectivity index (χ0) is 12.4. The van der Waals surface area contributed by atoms with Crippen LogP contribution in [-0.2, 0) is 6.54 Å². The van der Waals surface area contributed by atoms with Gasteiger partial charge in [-0.25, -0.2) is 8.78 Å². The molecule has 0 aromatic heterocycles. The van der Waals surface area contributed by atoms with Gasteiger partial charge >= 0.3 is 0 Å². The largest absolute Gasteiger partial charge is 0.326 e. The Bertz CT molecular complexity index is 555. The van der Waals surface area contributed by atoms with Crippen molar-refractivity contribution < 1.29 is 8.78 Å². The quantitative estimate of drug-likeness (QED) is 0.895. The Balaban J connectivity index is 2.66. The Hall–Kier alpha value is -1.26. The van der Waals surface area contributed by atoms with Gasteiger partial charge in [0.1, 0.15) is 11.6 Å². The van der Waals surface area contributed by atoms with Crippen molar-refractivity contribution >= 4 is 15.9 Å². The second kappa shape index (κ2) is 4.94. The average Bonchev–Trinajstić information content (AvgIpc) is 2.32. The van der Waals surface area contributed by atoms with Gasteiger partial charge in [0.15, 0.2) is 0 Å². The lowest BCUT2D eigenvalue weighted by atomic mass is 9.99. The van der Waals surface area contributed by atoms with Crippen molar-refractivity contribution in [1.82, 2.24) is 0 Å². The predicted molar refractivity (Wildman–Crippen MR) is 67.4 cm³/mol. The fourth-order valence-electron chi connectivity index (χ4n) is 1.68. The van der Waals surface area contributed by atoms with Gasteiger partial charge in [-0.15, -0.1) is 0 Å². The lowest BCUT2D eigenvalue weighted by Gasteiger charge is -2.09. The molecule has 0 atom stereocenters. The summed E-state index contributed by atoms with van der Waals surface area (Å²) < 4.78 is 27.7. The van der Waals surface area contributed by atoms with E-state index in [1.807, 2.05) is 0 Å². The number of nitrogens with two attached hydrogens (primary N) is 1. The van der Waals surface area contributed by atoms with Crippen molar-refractivity contribution in [3.63, 3.8) is 0 Å². The molecule has 2 rings (SSSR count). The lowest BCUT2D eigenvalue weighted by Crippen LogP contribution is -2.00. The van der Waals surface area contributed by atoms with Crippen LogP contribution >= 0.6 is 15.9 Å². The van der Waals surface area contributed by atoms with Gasteiger partial charge in [-0.05, 0) is 41.5 Å². The van der Waals surface area contributed by atoms with E-state index in [1.54, 1.807) is 18.2 Å². The number of hydrogen-bond donors (Lipinski definition) is 1. The topological polar surface area (TPSA) is 26.0 Å². The molecule has 2 aromatic rings. The summed E-state index contributed by atoms with van der Waals surface area (Å²) in [6, 6.07) is 8.74. The summed E-state index contributed by atoms with van der Waals surface area (Å²) in [4.78, 5) is 0. The van der Waals surface area contributed by atoms with E-state index in [4.69, 9.17) is 5.73 Å². The molecule has 0 heterocycles. The molecule has 0 fully saturated rings. The molecule has 17 heavy (non-hydrogen) atoms. The molecule has 88 valence electrons. The number of rotatable bonds is 2. The highest BCUT2D eigenvalue weighted by atomic mass is 79.9. The van der Waals surface area contributed by atoms with E-state index in [-0.39, 0.29) is 6.54 Å². The molecular weight excluding hydrogens is 288 g/mol. The Morgan fingerprint density at radius 2 is 1.76 bits per heavy atom. The zero-order valence-electron chi connectivity index (χ0n) is 8.88. The molecule has 0 saturated carbocycles. The van der Waals surface area contributed by atoms with Crippen LogP contribution < -0.4 is 5.73 Å². The van der Waals surface area contributed by atoms with Crippen LogP contribution in [0.2, 0.25) is 0 Å². The van der Waals surface area contributed by atoms with Crippen LogP contribution in [0.1, 0.15) is 5.56 Å². The summed E-state index contributed by atoms with van der Waals surface area (Å²) >= 11 is 3.27. The third kappa shape index (κ3) is 2.53. The second-order valence-corrected chi connectivity index (χ2v) is 4.55. The van der Waals surface area contributed by atoms with E-state index >= 15 is 0 Å². The Kier molecular flexibility index (Phi) is 3.54. The zero-order valence-corrected chi connectivity index (χ0v) is 10.5. The first kappa shape index (κ1) is 12.2. The van der Waals surface area contributed by atoms with Crippen LogP contribution in [0.3, 0.4) is 0 Å². The highest BCUT2D eigenvalue weighted by Crippen LogP contribution is 2.29. The van der Waals surface area contributed by atoms with Crippen molar-refractivity contribution in [3.05, 3.63) is 58.1 Å². The van der Waals surface area contributed by atoms with Crippen molar-refractivity contribution in [1.29, 1.82) is 0 Å². The standard InChI is InChI=1S/C13H10BrF2N/c14-9-2-4-13(16)12(5-9)11-6-10(15)3-1-8(11)7-17/h1-6H,7,17H2. The molecule has 0 aliphatic heterocycles. The predicted octanol–water partition coefficient (Wildman–Crippen LogP) is 3.85. The summed E-state index contributed by atoms with van der Waals surface area (Å²) in [7, 11) is 0. The third-order valence-electron chi connectivity index (χ3n) is 2.51. The van der Waals surface area contributed by atoms with Crippen molar-refractivity contribution in [3.8, 4) is 11.1 Å². The van der Waals surface area contributed by atoms with E-state index in [1.165, 1.54) is 18.2 Å². The third-order valence-corrected chi connectivity index (χ3v) is 3.00. The van der Waals surface area contributed by atoms with E-state index < -0.39 is 11.6 Å². The molecule has 2 aromatic carbocycles. The van der Waals surface area contributed by atoms with E-state index in [9.17, 15) is 8.78 Å². The monoisotopic (exact) mass is 297 g/mol. The number of halogens is 3. The normalized spacial score (nSPS) is 10.6. The summed E-state index contributed by atoms with van der Waals surface area (Å²) in [6.45, 7) is 0.238. The Morgan fingerprint density at radius 3 is 2.47 bits per heavy atom. The maximum atomic E-state index is 13.7. The first-order chi connectivity index (χ1) is 8.11. The molecule has 0 bridgehead atoms. The minimum absolute atomic E-state index is 0.238. The minimum atomic E-state index is -0.406. The van der Waals surface area contributed by atoms with E-state index in [2.05, 4.69) is 15.9 Å². The molecule has 0 aliphatic rings. The van der Waals surface area contributed by atoms with Crippen LogP contribution in [0.25, 0.3) is 11.1 Å². The molecule has 2 N–H and O–H groups in total. The van der Waals surface area contributed by atoms with E-state index in [0.29, 0.717) is 16.7 Å². The summed E-state index contributed by atoms with van der Waals surface area (Å²) in [5, 5.41) is 0. The first-order valence-electron chi connectivity index (χ1n) is 5.05. The van der Waals surface area contributed by atoms with Gasteiger partial charge in [0.05, 0.1) is 0 Å². The van der Waals surface area contributed by atoms with Gasteiger partial charge in [-0.2, -0.15) is 0 Å². The summed E-state index contributed by atoms with van der Waals surface area (Å²) in [5.74, 6) is -0.801. The molecule has 1 nitrogen and oxygen atoms in total. The molecule has 4 heteroatoms. The van der Waals surface area contributed by atoms with Gasteiger partial charge in [0, 0.05) is 16.6 Å². The van der Waals surface area contributed by atoms with Gasteiger partial charge in [-0.3, -0.25) is 0 Å². The molecule has 0 amide bonds. The van der Waals surface area contributed by atoms with Crippen molar-refractivity contribution in [2.75, 3.05) is 0 Å². The van der Waals surface area contributed by atoms with Crippen LogP contribution in [0.5, 0.6) is 0 Å². The molecule has 0 aliphatic carbocycles. The highest BCUT2D eigenvalue weighted by molar-refractivity contribution is 9.10. The molecule has 0 radical (unpaired) electrons. The van der Waals surface area contributed by atoms with E-state index in [0.717, 1.165) is 4.47 Å². The smallest absolute Gasteiger partial charge is 0.131 e. The average molecular weight is 298 g/mol. The van der Waals surface area contributed by atoms with Gasteiger partial charge in [0.25, 0.3) is 0 Å². The highest BCUT2D eigenvalue weighted by Gasteiger charge is 2.10. The van der Waals surface area contributed by atoms with Crippen LogP contribution in [0.4, 0.5) is 8.78 Å². The fraction of sp³-hybridized carbons (Fsp3) is 0.0769. The minimum Gasteiger partial charge on any atom is -0.326 e. The van der Waals surface area contributed by atoms with Gasteiger partial charge in [0.2, 0.25) is 0 Å². The van der Waals surface area contributed by atoms with Crippen molar-refractivity contribution in [2.24, 2.45) is 5.73 Å². The first-order valence-corrected chi connectivity index (χ1v) is 5.85. The maximum Gasteiger partial charge on any atom is 0.131 e. The second-order valence-electron chi connectivity index (χ2n) is 3.63. The molecule has 0 unspecified atom stereocenters. The molecule has 0 saturated heterocycles. The number of hydrogen-bond acceptors (Lipinski definition) is 1. The fourth-order valence-corrected chi connectivity index (χ4v) is 2.04. The Labute approximate surface area is 106 Å². The summed E-state index contributed by atoms with van der Waals surface area (Å²) in [6.07, 6.45) is 0. The summed E-state index contributed by atoms with van der Waals surface area (Å²) in [5.41, 5.74) is 7.12. The van der Waals surface area contributed by atoms with Crippen LogP contribution in [0, 0.1) is 11.6 Å². The Morgan fingerprint density at radius 1 is 1.00 bits per heavy atom. The molecular formula is C13H10BrF2N. The maximum absolute atomic E-state index is 13.7. The van der Waals surface area contributed by atoms with Gasteiger partial charge in [-0.1, -0.05) is 22.0 Å². The SMILES string of the molecule is NCc1ccc(F)cc1-c1cc(Br)ccc1F. The van der Waals surface area contributed by atoms with Crippen molar-refractivity contribution in [2.45, 2.75) is 6.54 Å². The lowest BCUT2D eigenvalue weighted by molar-refractivity contribution is 0.623. The van der Waals surface area contributed by atoms with Gasteiger partial charge < -0.3 is 5.73 Å².